The van der Waals surface area contributed by atoms with Crippen LogP contribution in [0, 0.1) is 0 Å². The summed E-state index contributed by atoms with van der Waals surface area (Å²) in [5.74, 6) is 0. The monoisotopic (exact) mass is 333 g/mol. The van der Waals surface area contributed by atoms with E-state index in [0.717, 1.165) is 17.0 Å². The number of rotatable bonds is 2. The quantitative estimate of drug-likeness (QED) is 0.848. The Morgan fingerprint density at radius 1 is 1.13 bits per heavy atom. The highest BCUT2D eigenvalue weighted by molar-refractivity contribution is 7.89. The molecule has 0 N–H and O–H groups in total. The molecule has 0 saturated carbocycles. The molecule has 5 nitrogen and oxygen atoms in total. The van der Waals surface area contributed by atoms with E-state index in [1.807, 2.05) is 23.7 Å². The highest BCUT2D eigenvalue weighted by Crippen LogP contribution is 2.27. The molecule has 0 fully saturated rings. The predicted molar refractivity (Wildman–Crippen MR) is 89.6 cm³/mol. The lowest BCUT2D eigenvalue weighted by Gasteiger charge is -2.27. The first-order chi connectivity index (χ1) is 10.7. The average Bonchev–Trinajstić information content (AvgIpc) is 2.87. The van der Waals surface area contributed by atoms with Gasteiger partial charge in [0.05, 0.1) is 29.2 Å². The van der Waals surface area contributed by atoms with E-state index in [1.54, 1.807) is 22.8 Å². The molecule has 0 spiro atoms. The van der Waals surface area contributed by atoms with Crippen LogP contribution >= 0.6 is 0 Å². The summed E-state index contributed by atoms with van der Waals surface area (Å²) in [5.41, 5.74) is 3.12. The molecule has 0 amide bonds. The Balaban J connectivity index is 1.89. The van der Waals surface area contributed by atoms with Crippen LogP contribution in [0.15, 0.2) is 35.5 Å². The molecule has 1 aromatic heterocycles. The molecule has 124 valence electrons. The number of fused-ring (bicyclic) bond motifs is 1. The van der Waals surface area contributed by atoms with Crippen LogP contribution in [0.3, 0.4) is 0 Å². The van der Waals surface area contributed by atoms with E-state index >= 15 is 0 Å². The number of sulfonamides is 1. The summed E-state index contributed by atoms with van der Waals surface area (Å²) in [7, 11) is -1.57. The van der Waals surface area contributed by atoms with Crippen LogP contribution in [-0.2, 0) is 35.5 Å². The summed E-state index contributed by atoms with van der Waals surface area (Å²) in [6.07, 6.45) is 2.41. The summed E-state index contributed by atoms with van der Waals surface area (Å²) in [6, 6.07) is 7.25. The van der Waals surface area contributed by atoms with Gasteiger partial charge in [-0.05, 0) is 23.1 Å². The molecule has 1 aliphatic heterocycles. The minimum atomic E-state index is -3.47. The van der Waals surface area contributed by atoms with Crippen molar-refractivity contribution >= 4 is 10.0 Å². The van der Waals surface area contributed by atoms with Crippen molar-refractivity contribution in [3.8, 4) is 0 Å². The molecule has 0 unspecified atom stereocenters. The van der Waals surface area contributed by atoms with Gasteiger partial charge in [0.2, 0.25) is 10.0 Å². The molecule has 2 heterocycles. The second-order valence-electron chi connectivity index (χ2n) is 7.11. The lowest BCUT2D eigenvalue weighted by molar-refractivity contribution is 0.380. The van der Waals surface area contributed by atoms with Crippen LogP contribution in [-0.4, -0.2) is 28.8 Å². The van der Waals surface area contributed by atoms with E-state index < -0.39 is 10.0 Å². The molecule has 0 atom stereocenters. The SMILES string of the molecule is Cn1cnc2c1CN(S(=O)(=O)c1ccc(C(C)(C)C)cc1)CC2. The first kappa shape index (κ1) is 16.2. The van der Waals surface area contributed by atoms with Crippen molar-refractivity contribution in [2.24, 2.45) is 7.05 Å². The zero-order valence-electron chi connectivity index (χ0n) is 14.1. The second-order valence-corrected chi connectivity index (χ2v) is 9.05. The average molecular weight is 333 g/mol. The summed E-state index contributed by atoms with van der Waals surface area (Å²) >= 11 is 0. The fraction of sp³-hybridized carbons (Fsp3) is 0.471. The number of aryl methyl sites for hydroxylation is 1. The van der Waals surface area contributed by atoms with Crippen LogP contribution in [0.2, 0.25) is 0 Å². The molecule has 2 aromatic rings. The second kappa shape index (κ2) is 5.46. The van der Waals surface area contributed by atoms with Crippen LogP contribution < -0.4 is 0 Å². The first-order valence-corrected chi connectivity index (χ1v) is 9.23. The van der Waals surface area contributed by atoms with Crippen molar-refractivity contribution < 1.29 is 8.42 Å². The van der Waals surface area contributed by atoms with Gasteiger partial charge in [0.1, 0.15) is 0 Å². The van der Waals surface area contributed by atoms with Gasteiger partial charge in [0, 0.05) is 20.0 Å². The molecule has 3 rings (SSSR count). The fourth-order valence-corrected chi connectivity index (χ4v) is 4.28. The summed E-state index contributed by atoms with van der Waals surface area (Å²) < 4.78 is 29.2. The maximum Gasteiger partial charge on any atom is 0.243 e. The van der Waals surface area contributed by atoms with Crippen LogP contribution in [0.25, 0.3) is 0 Å². The lowest BCUT2D eigenvalue weighted by atomic mass is 9.87. The molecule has 0 saturated heterocycles. The first-order valence-electron chi connectivity index (χ1n) is 7.79. The molecule has 1 aliphatic rings. The van der Waals surface area contributed by atoms with Crippen molar-refractivity contribution in [3.63, 3.8) is 0 Å². The van der Waals surface area contributed by atoms with Gasteiger partial charge in [0.15, 0.2) is 0 Å². The Morgan fingerprint density at radius 2 is 1.78 bits per heavy atom. The molecule has 0 bridgehead atoms. The molecular weight excluding hydrogens is 310 g/mol. The molecular formula is C17H23N3O2S. The Morgan fingerprint density at radius 3 is 2.39 bits per heavy atom. The van der Waals surface area contributed by atoms with Crippen molar-refractivity contribution in [1.82, 2.24) is 13.9 Å². The van der Waals surface area contributed by atoms with Gasteiger partial charge < -0.3 is 4.57 Å². The summed E-state index contributed by atoms with van der Waals surface area (Å²) in [4.78, 5) is 4.68. The standard InChI is InChI=1S/C17H23N3O2S/c1-17(2,3)13-5-7-14(8-6-13)23(21,22)20-10-9-15-16(11-20)19(4)12-18-15/h5-8,12H,9-11H2,1-4H3. The third kappa shape index (κ3) is 2.93. The highest BCUT2D eigenvalue weighted by atomic mass is 32.2. The Kier molecular flexibility index (Phi) is 3.84. The van der Waals surface area contributed by atoms with Gasteiger partial charge >= 0.3 is 0 Å². The largest absolute Gasteiger partial charge is 0.336 e. The van der Waals surface area contributed by atoms with E-state index in [2.05, 4.69) is 25.8 Å². The number of benzene rings is 1. The van der Waals surface area contributed by atoms with E-state index in [1.165, 1.54) is 0 Å². The Labute approximate surface area is 138 Å². The van der Waals surface area contributed by atoms with E-state index in [9.17, 15) is 8.42 Å². The number of hydrogen-bond acceptors (Lipinski definition) is 3. The van der Waals surface area contributed by atoms with Gasteiger partial charge in [-0.25, -0.2) is 13.4 Å². The molecule has 0 aliphatic carbocycles. The number of aromatic nitrogens is 2. The highest BCUT2D eigenvalue weighted by Gasteiger charge is 2.30. The van der Waals surface area contributed by atoms with Gasteiger partial charge in [-0.3, -0.25) is 0 Å². The summed E-state index contributed by atoms with van der Waals surface area (Å²) in [6.45, 7) is 7.21. The van der Waals surface area contributed by atoms with E-state index in [-0.39, 0.29) is 5.41 Å². The third-order valence-corrected chi connectivity index (χ3v) is 6.29. The topological polar surface area (TPSA) is 55.2 Å². The van der Waals surface area contributed by atoms with Crippen LogP contribution in [0.5, 0.6) is 0 Å². The van der Waals surface area contributed by atoms with Crippen molar-refractivity contribution in [3.05, 3.63) is 47.5 Å². The fourth-order valence-electron chi connectivity index (χ4n) is 2.87. The molecule has 6 heteroatoms. The minimum Gasteiger partial charge on any atom is -0.336 e. The number of hydrogen-bond donors (Lipinski definition) is 0. The molecule has 1 aromatic carbocycles. The van der Waals surface area contributed by atoms with Crippen LogP contribution in [0.4, 0.5) is 0 Å². The van der Waals surface area contributed by atoms with Crippen molar-refractivity contribution in [2.45, 2.75) is 44.0 Å². The third-order valence-electron chi connectivity index (χ3n) is 4.43. The normalized spacial score (nSPS) is 16.3. The van der Waals surface area contributed by atoms with Gasteiger partial charge in [-0.2, -0.15) is 4.31 Å². The zero-order chi connectivity index (χ0) is 16.8. The lowest BCUT2D eigenvalue weighted by Crippen LogP contribution is -2.36. The van der Waals surface area contributed by atoms with Gasteiger partial charge in [0.25, 0.3) is 0 Å². The molecule has 0 radical (unpaired) electrons. The van der Waals surface area contributed by atoms with Gasteiger partial charge in [-0.1, -0.05) is 32.9 Å². The van der Waals surface area contributed by atoms with Crippen molar-refractivity contribution in [2.75, 3.05) is 6.54 Å². The summed E-state index contributed by atoms with van der Waals surface area (Å²) in [5, 5.41) is 0. The maximum atomic E-state index is 12.9. The Hall–Kier alpha value is -1.66. The zero-order valence-corrected chi connectivity index (χ0v) is 14.9. The molecule has 23 heavy (non-hydrogen) atoms. The van der Waals surface area contributed by atoms with Gasteiger partial charge in [-0.15, -0.1) is 0 Å². The predicted octanol–water partition coefficient (Wildman–Crippen LogP) is 2.46. The smallest absolute Gasteiger partial charge is 0.243 e. The van der Waals surface area contributed by atoms with E-state index in [0.29, 0.717) is 24.4 Å². The van der Waals surface area contributed by atoms with Crippen LogP contribution in [0.1, 0.15) is 37.7 Å². The Bertz CT molecular complexity index is 815. The number of imidazole rings is 1. The minimum absolute atomic E-state index is 0.0109. The van der Waals surface area contributed by atoms with Crippen molar-refractivity contribution in [1.29, 1.82) is 0 Å². The van der Waals surface area contributed by atoms with E-state index in [4.69, 9.17) is 0 Å². The maximum absolute atomic E-state index is 12.9. The number of nitrogens with zero attached hydrogens (tertiary/aromatic N) is 3.